The van der Waals surface area contributed by atoms with Crippen LogP contribution in [0, 0.1) is 0 Å². The van der Waals surface area contributed by atoms with E-state index in [9.17, 15) is 4.79 Å². The summed E-state index contributed by atoms with van der Waals surface area (Å²) >= 11 is 0. The van der Waals surface area contributed by atoms with Crippen molar-refractivity contribution in [2.75, 3.05) is 16.9 Å². The van der Waals surface area contributed by atoms with E-state index in [2.05, 4.69) is 15.5 Å². The van der Waals surface area contributed by atoms with Crippen LogP contribution < -0.4 is 15.5 Å². The fraction of sp³-hybridized carbons (Fsp3) is 0.182. The number of rotatable bonds is 2. The van der Waals surface area contributed by atoms with Crippen LogP contribution in [0.2, 0.25) is 0 Å². The van der Waals surface area contributed by atoms with E-state index in [0.29, 0.717) is 0 Å². The molecule has 0 spiro atoms. The Bertz CT molecular complexity index is 383. The van der Waals surface area contributed by atoms with Gasteiger partial charge in [0.2, 0.25) is 5.91 Å². The lowest BCUT2D eigenvalue weighted by Crippen LogP contribution is -2.19. The second kappa shape index (κ2) is 4.04. The van der Waals surface area contributed by atoms with E-state index in [-0.39, 0.29) is 5.91 Å². The first-order valence-electron chi connectivity index (χ1n) is 4.80. The molecule has 0 fully saturated rings. The first kappa shape index (κ1) is 9.58. The lowest BCUT2D eigenvalue weighted by atomic mass is 10.2. The quantitative estimate of drug-likeness (QED) is 0.765. The highest BCUT2D eigenvalue weighted by atomic mass is 16.1. The van der Waals surface area contributed by atoms with Crippen molar-refractivity contribution in [1.82, 2.24) is 5.32 Å². The topological polar surface area (TPSA) is 44.4 Å². The number of benzene rings is 1. The predicted molar refractivity (Wildman–Crippen MR) is 60.4 cm³/mol. The minimum absolute atomic E-state index is 0.0505. The van der Waals surface area contributed by atoms with E-state index in [0.717, 1.165) is 18.0 Å². The number of hydrogen-bond donors (Lipinski definition) is 2. The van der Waals surface area contributed by atoms with Gasteiger partial charge in [-0.2, -0.15) is 0 Å². The molecule has 78 valence electrons. The molecule has 4 nitrogen and oxygen atoms in total. The Morgan fingerprint density at radius 2 is 2.13 bits per heavy atom. The minimum Gasteiger partial charge on any atom is -0.372 e. The number of carbonyl (C=O) groups is 1. The summed E-state index contributed by atoms with van der Waals surface area (Å²) in [7, 11) is 0. The molecule has 0 unspecified atom stereocenters. The lowest BCUT2D eigenvalue weighted by Gasteiger charge is -2.15. The van der Waals surface area contributed by atoms with Gasteiger partial charge in [0.15, 0.2) is 0 Å². The maximum absolute atomic E-state index is 10.8. The van der Waals surface area contributed by atoms with Gasteiger partial charge in [0.1, 0.15) is 0 Å². The van der Waals surface area contributed by atoms with Crippen molar-refractivity contribution in [2.45, 2.75) is 6.92 Å². The molecule has 15 heavy (non-hydrogen) atoms. The van der Waals surface area contributed by atoms with Crippen LogP contribution in [-0.2, 0) is 4.79 Å². The number of nitrogens with one attached hydrogen (secondary N) is 2. The Kier molecular flexibility index (Phi) is 2.58. The average molecular weight is 203 g/mol. The van der Waals surface area contributed by atoms with Crippen molar-refractivity contribution in [3.63, 3.8) is 0 Å². The third kappa shape index (κ3) is 2.28. The number of hydrogen-bond acceptors (Lipinski definition) is 3. The van der Waals surface area contributed by atoms with Crippen molar-refractivity contribution in [2.24, 2.45) is 0 Å². The Hall–Kier alpha value is -1.97. The molecule has 1 aliphatic heterocycles. The molecular weight excluding hydrogens is 190 g/mol. The smallest absolute Gasteiger partial charge is 0.221 e. The molecule has 1 aromatic carbocycles. The van der Waals surface area contributed by atoms with Gasteiger partial charge in [-0.3, -0.25) is 4.79 Å². The minimum atomic E-state index is -0.0505. The van der Waals surface area contributed by atoms with Crippen LogP contribution in [0.25, 0.3) is 0 Å². The summed E-state index contributed by atoms with van der Waals surface area (Å²) in [4.78, 5) is 12.9. The van der Waals surface area contributed by atoms with Crippen LogP contribution in [0.5, 0.6) is 0 Å². The van der Waals surface area contributed by atoms with Gasteiger partial charge in [-0.05, 0) is 24.3 Å². The Balaban J connectivity index is 2.09. The Morgan fingerprint density at radius 1 is 1.40 bits per heavy atom. The van der Waals surface area contributed by atoms with Gasteiger partial charge in [-0.15, -0.1) is 0 Å². The van der Waals surface area contributed by atoms with Gasteiger partial charge in [0.25, 0.3) is 0 Å². The summed E-state index contributed by atoms with van der Waals surface area (Å²) in [5.74, 6) is -0.0505. The van der Waals surface area contributed by atoms with Crippen LogP contribution >= 0.6 is 0 Å². The highest BCUT2D eigenvalue weighted by molar-refractivity contribution is 5.88. The molecular formula is C11H13N3O. The molecule has 1 aliphatic rings. The van der Waals surface area contributed by atoms with Crippen molar-refractivity contribution >= 4 is 17.3 Å². The summed E-state index contributed by atoms with van der Waals surface area (Å²) in [5.41, 5.74) is 1.92. The number of anilines is 2. The molecule has 1 amide bonds. The third-order valence-electron chi connectivity index (χ3n) is 2.15. The number of amides is 1. The normalized spacial score (nSPS) is 13.8. The third-order valence-corrected chi connectivity index (χ3v) is 2.15. The van der Waals surface area contributed by atoms with E-state index in [1.54, 1.807) is 0 Å². The van der Waals surface area contributed by atoms with Gasteiger partial charge >= 0.3 is 0 Å². The van der Waals surface area contributed by atoms with Crippen LogP contribution in [-0.4, -0.2) is 12.6 Å². The van der Waals surface area contributed by atoms with Gasteiger partial charge in [-0.25, -0.2) is 0 Å². The zero-order chi connectivity index (χ0) is 10.7. The van der Waals surface area contributed by atoms with Crippen LogP contribution in [0.4, 0.5) is 11.4 Å². The molecule has 2 rings (SSSR count). The lowest BCUT2D eigenvalue weighted by molar-refractivity contribution is -0.114. The SMILES string of the molecule is CC(=O)Nc1ccc(N2C=CNC2)cc1. The molecule has 0 atom stereocenters. The van der Waals surface area contributed by atoms with Crippen LogP contribution in [0.3, 0.4) is 0 Å². The molecule has 0 aromatic heterocycles. The fourth-order valence-corrected chi connectivity index (χ4v) is 1.46. The summed E-state index contributed by atoms with van der Waals surface area (Å²) in [6, 6.07) is 7.73. The van der Waals surface area contributed by atoms with Crippen molar-refractivity contribution in [1.29, 1.82) is 0 Å². The largest absolute Gasteiger partial charge is 0.372 e. The number of carbonyl (C=O) groups excluding carboxylic acids is 1. The molecule has 1 heterocycles. The summed E-state index contributed by atoms with van der Waals surface area (Å²) in [6.07, 6.45) is 3.88. The van der Waals surface area contributed by atoms with E-state index in [1.807, 2.05) is 36.7 Å². The predicted octanol–water partition coefficient (Wildman–Crippen LogP) is 1.48. The second-order valence-corrected chi connectivity index (χ2v) is 3.38. The second-order valence-electron chi connectivity index (χ2n) is 3.38. The van der Waals surface area contributed by atoms with Crippen molar-refractivity contribution in [3.8, 4) is 0 Å². The highest BCUT2D eigenvalue weighted by Crippen LogP contribution is 2.18. The molecule has 0 saturated heterocycles. The highest BCUT2D eigenvalue weighted by Gasteiger charge is 2.05. The zero-order valence-electron chi connectivity index (χ0n) is 8.53. The van der Waals surface area contributed by atoms with Gasteiger partial charge in [0, 0.05) is 30.7 Å². The summed E-state index contributed by atoms with van der Waals surface area (Å²) in [6.45, 7) is 2.29. The molecule has 4 heteroatoms. The maximum Gasteiger partial charge on any atom is 0.221 e. The summed E-state index contributed by atoms with van der Waals surface area (Å²) < 4.78 is 0. The monoisotopic (exact) mass is 203 g/mol. The molecule has 0 bridgehead atoms. The van der Waals surface area contributed by atoms with Gasteiger partial charge in [-0.1, -0.05) is 0 Å². The molecule has 2 N–H and O–H groups in total. The average Bonchev–Trinajstić information content (AvgIpc) is 2.71. The first-order chi connectivity index (χ1) is 7.25. The van der Waals surface area contributed by atoms with E-state index in [4.69, 9.17) is 0 Å². The van der Waals surface area contributed by atoms with Crippen LogP contribution in [0.1, 0.15) is 6.92 Å². The maximum atomic E-state index is 10.8. The Labute approximate surface area is 88.6 Å². The summed E-state index contributed by atoms with van der Waals surface area (Å²) in [5, 5.41) is 5.82. The van der Waals surface area contributed by atoms with Crippen molar-refractivity contribution < 1.29 is 4.79 Å². The standard InChI is InChI=1S/C11H13N3O/c1-9(15)13-10-2-4-11(5-3-10)14-7-6-12-8-14/h2-7,12H,8H2,1H3,(H,13,15). The van der Waals surface area contributed by atoms with Gasteiger partial charge < -0.3 is 15.5 Å². The first-order valence-corrected chi connectivity index (χ1v) is 4.80. The van der Waals surface area contributed by atoms with Crippen LogP contribution in [0.15, 0.2) is 36.7 Å². The molecule has 0 aliphatic carbocycles. The van der Waals surface area contributed by atoms with E-state index < -0.39 is 0 Å². The van der Waals surface area contributed by atoms with Gasteiger partial charge in [0.05, 0.1) is 6.67 Å². The molecule has 0 radical (unpaired) electrons. The molecule has 1 aromatic rings. The molecule has 0 saturated carbocycles. The van der Waals surface area contributed by atoms with E-state index >= 15 is 0 Å². The Morgan fingerprint density at radius 3 is 2.67 bits per heavy atom. The zero-order valence-corrected chi connectivity index (χ0v) is 8.53. The van der Waals surface area contributed by atoms with E-state index in [1.165, 1.54) is 6.92 Å². The number of nitrogens with zero attached hydrogens (tertiary/aromatic N) is 1. The fourth-order valence-electron chi connectivity index (χ4n) is 1.46. The van der Waals surface area contributed by atoms with Crippen molar-refractivity contribution in [3.05, 3.63) is 36.7 Å².